The summed E-state index contributed by atoms with van der Waals surface area (Å²) in [4.78, 5) is 4.55. The lowest BCUT2D eigenvalue weighted by molar-refractivity contribution is 0.660. The highest BCUT2D eigenvalue weighted by atomic mass is 15.3. The average Bonchev–Trinajstić information content (AvgIpc) is 3.00. The molecule has 0 aliphatic rings. The highest BCUT2D eigenvalue weighted by Gasteiger charge is 2.07. The Hall–Kier alpha value is -2.30. The predicted octanol–water partition coefficient (Wildman–Crippen LogP) is 2.47. The van der Waals surface area contributed by atoms with Crippen LogP contribution in [0.3, 0.4) is 0 Å². The molecule has 3 heterocycles. The average molecular weight is 255 g/mol. The van der Waals surface area contributed by atoms with E-state index in [0.717, 1.165) is 30.1 Å². The molecule has 3 aromatic rings. The molecule has 0 aliphatic carbocycles. The molecule has 0 radical (unpaired) electrons. The zero-order valence-corrected chi connectivity index (χ0v) is 11.2. The predicted molar refractivity (Wildman–Crippen MR) is 75.2 cm³/mol. The third-order valence-electron chi connectivity index (χ3n) is 3.25. The second-order valence-corrected chi connectivity index (χ2v) is 4.51. The number of rotatable bonds is 4. The van der Waals surface area contributed by atoms with Crippen LogP contribution in [0.15, 0.2) is 36.8 Å². The first-order chi connectivity index (χ1) is 9.28. The number of hydrogen-bond acceptors (Lipinski definition) is 3. The molecule has 0 spiro atoms. The van der Waals surface area contributed by atoms with Crippen LogP contribution in [0.1, 0.15) is 18.3 Å². The molecule has 0 saturated heterocycles. The monoisotopic (exact) mass is 255 g/mol. The maximum Gasteiger partial charge on any atom is 0.137 e. The van der Waals surface area contributed by atoms with Crippen molar-refractivity contribution in [3.63, 3.8) is 0 Å². The van der Waals surface area contributed by atoms with E-state index >= 15 is 0 Å². The Bertz CT molecular complexity index is 695. The van der Waals surface area contributed by atoms with Crippen LogP contribution in [0.5, 0.6) is 0 Å². The molecular weight excluding hydrogens is 238 g/mol. The molecule has 0 fully saturated rings. The molecule has 0 saturated carbocycles. The van der Waals surface area contributed by atoms with Gasteiger partial charge in [-0.25, -0.2) is 4.98 Å². The van der Waals surface area contributed by atoms with Gasteiger partial charge in [0.05, 0.1) is 29.8 Å². The lowest BCUT2D eigenvalue weighted by Gasteiger charge is -2.04. The van der Waals surface area contributed by atoms with E-state index in [1.807, 2.05) is 48.4 Å². The summed E-state index contributed by atoms with van der Waals surface area (Å²) in [6, 6.07) is 6.04. The molecule has 0 bridgehead atoms. The molecule has 98 valence electrons. The Morgan fingerprint density at radius 1 is 1.32 bits per heavy atom. The normalized spacial score (nSPS) is 11.1. The standard InChI is InChI=1S/C14H17N5/c1-3-18-10-12(8-16-18)15-9-13-11(2)17-14-6-4-5-7-19(13)14/h4-8,10,15H,3,9H2,1-2H3. The summed E-state index contributed by atoms with van der Waals surface area (Å²) < 4.78 is 4.02. The molecule has 1 N–H and O–H groups in total. The molecule has 5 nitrogen and oxygen atoms in total. The van der Waals surface area contributed by atoms with Crippen LogP contribution in [0.2, 0.25) is 0 Å². The summed E-state index contributed by atoms with van der Waals surface area (Å²) in [5, 5.41) is 7.64. The molecule has 5 heteroatoms. The molecule has 3 aromatic heterocycles. The number of aryl methyl sites for hydroxylation is 2. The van der Waals surface area contributed by atoms with Crippen molar-refractivity contribution in [2.24, 2.45) is 0 Å². The second kappa shape index (κ2) is 4.76. The number of aromatic nitrogens is 4. The van der Waals surface area contributed by atoms with Crippen LogP contribution in [-0.2, 0) is 13.1 Å². The van der Waals surface area contributed by atoms with Gasteiger partial charge >= 0.3 is 0 Å². The van der Waals surface area contributed by atoms with Crippen LogP contribution < -0.4 is 5.32 Å². The molecule has 0 atom stereocenters. The first-order valence-electron chi connectivity index (χ1n) is 6.47. The number of anilines is 1. The summed E-state index contributed by atoms with van der Waals surface area (Å²) in [5.74, 6) is 0. The minimum atomic E-state index is 0.742. The van der Waals surface area contributed by atoms with E-state index in [9.17, 15) is 0 Å². The van der Waals surface area contributed by atoms with E-state index in [2.05, 4.69) is 26.7 Å². The van der Waals surface area contributed by atoms with Crippen molar-refractivity contribution in [1.29, 1.82) is 0 Å². The first kappa shape index (κ1) is 11.8. The third-order valence-corrected chi connectivity index (χ3v) is 3.25. The van der Waals surface area contributed by atoms with E-state index in [1.54, 1.807) is 0 Å². The van der Waals surface area contributed by atoms with Crippen molar-refractivity contribution in [1.82, 2.24) is 19.2 Å². The molecule has 0 aromatic carbocycles. The third kappa shape index (κ3) is 2.19. The smallest absolute Gasteiger partial charge is 0.137 e. The first-order valence-corrected chi connectivity index (χ1v) is 6.47. The molecule has 0 unspecified atom stereocenters. The summed E-state index contributed by atoms with van der Waals surface area (Å²) >= 11 is 0. The fraction of sp³-hybridized carbons (Fsp3) is 0.286. The maximum absolute atomic E-state index is 4.55. The van der Waals surface area contributed by atoms with Crippen LogP contribution in [-0.4, -0.2) is 19.2 Å². The summed E-state index contributed by atoms with van der Waals surface area (Å²) in [5.41, 5.74) is 4.26. The zero-order valence-electron chi connectivity index (χ0n) is 11.2. The number of pyridine rings is 1. The van der Waals surface area contributed by atoms with E-state index in [0.29, 0.717) is 0 Å². The highest BCUT2D eigenvalue weighted by Crippen LogP contribution is 2.14. The fourth-order valence-electron chi connectivity index (χ4n) is 2.19. The number of hydrogen-bond donors (Lipinski definition) is 1. The van der Waals surface area contributed by atoms with Crippen LogP contribution >= 0.6 is 0 Å². The SMILES string of the molecule is CCn1cc(NCc2c(C)nc3ccccn23)cn1. The van der Waals surface area contributed by atoms with Crippen molar-refractivity contribution in [2.45, 2.75) is 26.9 Å². The maximum atomic E-state index is 4.55. The van der Waals surface area contributed by atoms with Gasteiger partial charge in [0.25, 0.3) is 0 Å². The lowest BCUT2D eigenvalue weighted by Crippen LogP contribution is -2.03. The second-order valence-electron chi connectivity index (χ2n) is 4.51. The zero-order chi connectivity index (χ0) is 13.2. The Balaban J connectivity index is 1.83. The van der Waals surface area contributed by atoms with E-state index in [4.69, 9.17) is 0 Å². The minimum Gasteiger partial charge on any atom is -0.377 e. The van der Waals surface area contributed by atoms with Crippen molar-refractivity contribution in [3.8, 4) is 0 Å². The van der Waals surface area contributed by atoms with Gasteiger partial charge in [0.1, 0.15) is 5.65 Å². The van der Waals surface area contributed by atoms with Crippen LogP contribution in [0.4, 0.5) is 5.69 Å². The Morgan fingerprint density at radius 3 is 3.00 bits per heavy atom. The van der Waals surface area contributed by atoms with E-state index in [1.165, 1.54) is 5.69 Å². The number of fused-ring (bicyclic) bond motifs is 1. The largest absolute Gasteiger partial charge is 0.377 e. The quantitative estimate of drug-likeness (QED) is 0.779. The van der Waals surface area contributed by atoms with E-state index in [-0.39, 0.29) is 0 Å². The van der Waals surface area contributed by atoms with Crippen molar-refractivity contribution in [2.75, 3.05) is 5.32 Å². The van der Waals surface area contributed by atoms with Gasteiger partial charge in [0.2, 0.25) is 0 Å². The van der Waals surface area contributed by atoms with Gasteiger partial charge in [-0.1, -0.05) is 6.07 Å². The minimum absolute atomic E-state index is 0.742. The molecule has 0 amide bonds. The Labute approximate surface area is 111 Å². The number of nitrogens with one attached hydrogen (secondary N) is 1. The number of nitrogens with zero attached hydrogens (tertiary/aromatic N) is 4. The molecule has 0 aliphatic heterocycles. The lowest BCUT2D eigenvalue weighted by atomic mass is 10.3. The topological polar surface area (TPSA) is 47.2 Å². The van der Waals surface area contributed by atoms with Crippen LogP contribution in [0.25, 0.3) is 5.65 Å². The van der Waals surface area contributed by atoms with Crippen molar-refractivity contribution >= 4 is 11.3 Å². The summed E-state index contributed by atoms with van der Waals surface area (Å²) in [6.45, 7) is 5.74. The van der Waals surface area contributed by atoms with Gasteiger partial charge in [-0.15, -0.1) is 0 Å². The number of imidazole rings is 1. The molecule has 3 rings (SSSR count). The van der Waals surface area contributed by atoms with Gasteiger partial charge in [-0.05, 0) is 26.0 Å². The Morgan fingerprint density at radius 2 is 2.21 bits per heavy atom. The van der Waals surface area contributed by atoms with Gasteiger partial charge in [0, 0.05) is 18.9 Å². The fourth-order valence-corrected chi connectivity index (χ4v) is 2.19. The summed E-state index contributed by atoms with van der Waals surface area (Å²) in [6.07, 6.45) is 5.91. The molecular formula is C14H17N5. The molecule has 19 heavy (non-hydrogen) atoms. The van der Waals surface area contributed by atoms with Crippen molar-refractivity contribution < 1.29 is 0 Å². The van der Waals surface area contributed by atoms with Gasteiger partial charge in [0.15, 0.2) is 0 Å². The van der Waals surface area contributed by atoms with Gasteiger partial charge in [-0.2, -0.15) is 5.10 Å². The highest BCUT2D eigenvalue weighted by molar-refractivity contribution is 5.45. The Kier molecular flexibility index (Phi) is 2.95. The van der Waals surface area contributed by atoms with Gasteiger partial charge < -0.3 is 9.72 Å². The van der Waals surface area contributed by atoms with E-state index < -0.39 is 0 Å². The van der Waals surface area contributed by atoms with Gasteiger partial charge in [-0.3, -0.25) is 4.68 Å². The summed E-state index contributed by atoms with van der Waals surface area (Å²) in [7, 11) is 0. The van der Waals surface area contributed by atoms with Crippen LogP contribution in [0, 0.1) is 6.92 Å². The van der Waals surface area contributed by atoms with Crippen molar-refractivity contribution in [3.05, 3.63) is 48.2 Å².